The second-order valence-corrected chi connectivity index (χ2v) is 7.12. The summed E-state index contributed by atoms with van der Waals surface area (Å²) < 4.78 is 16.7. The van der Waals surface area contributed by atoms with Gasteiger partial charge in [-0.3, -0.25) is 4.90 Å². The molecule has 0 aliphatic carbocycles. The van der Waals surface area contributed by atoms with E-state index in [-0.39, 0.29) is 6.61 Å². The summed E-state index contributed by atoms with van der Waals surface area (Å²) in [5.41, 5.74) is 3.46. The molecule has 28 heavy (non-hydrogen) atoms. The van der Waals surface area contributed by atoms with Crippen LogP contribution in [-0.2, 0) is 11.3 Å². The third-order valence-electron chi connectivity index (χ3n) is 4.36. The molecule has 0 aromatic heterocycles. The number of nitrogens with zero attached hydrogens (tertiary/aromatic N) is 1. The molecule has 0 spiro atoms. The third-order valence-corrected chi connectivity index (χ3v) is 4.36. The minimum Gasteiger partial charge on any atom is -0.491 e. The van der Waals surface area contributed by atoms with E-state index in [1.54, 1.807) is 0 Å². The minimum atomic E-state index is -0.549. The summed E-state index contributed by atoms with van der Waals surface area (Å²) in [7, 11) is 1.99. The zero-order valence-corrected chi connectivity index (χ0v) is 17.5. The van der Waals surface area contributed by atoms with Gasteiger partial charge in [0.05, 0.1) is 6.61 Å². The van der Waals surface area contributed by atoms with Crippen LogP contribution in [0.2, 0.25) is 0 Å². The molecule has 5 heteroatoms. The Kier molecular flexibility index (Phi) is 9.28. The molecule has 0 aliphatic rings. The summed E-state index contributed by atoms with van der Waals surface area (Å²) in [6.07, 6.45) is -0.549. The van der Waals surface area contributed by atoms with Crippen molar-refractivity contribution in [2.75, 3.05) is 40.0 Å². The summed E-state index contributed by atoms with van der Waals surface area (Å²) >= 11 is 0. The lowest BCUT2D eigenvalue weighted by Crippen LogP contribution is -2.32. The topological polar surface area (TPSA) is 51.2 Å². The van der Waals surface area contributed by atoms with Crippen molar-refractivity contribution in [3.63, 3.8) is 0 Å². The van der Waals surface area contributed by atoms with E-state index >= 15 is 0 Å². The summed E-state index contributed by atoms with van der Waals surface area (Å²) in [4.78, 5) is 2.08. The van der Waals surface area contributed by atoms with Gasteiger partial charge in [-0.2, -0.15) is 0 Å². The van der Waals surface area contributed by atoms with E-state index in [4.69, 9.17) is 14.2 Å². The van der Waals surface area contributed by atoms with E-state index in [0.29, 0.717) is 26.4 Å². The molecule has 0 saturated carbocycles. The summed E-state index contributed by atoms with van der Waals surface area (Å²) in [5.74, 6) is 1.67. The Bertz CT molecular complexity index is 702. The van der Waals surface area contributed by atoms with Crippen LogP contribution in [0.1, 0.15) is 23.6 Å². The first-order chi connectivity index (χ1) is 13.5. The van der Waals surface area contributed by atoms with Crippen LogP contribution in [0.4, 0.5) is 0 Å². The van der Waals surface area contributed by atoms with Crippen molar-refractivity contribution in [3.05, 3.63) is 59.2 Å². The molecule has 0 heterocycles. The lowest BCUT2D eigenvalue weighted by molar-refractivity contribution is 0.0741. The highest BCUT2D eigenvalue weighted by Gasteiger charge is 2.11. The lowest BCUT2D eigenvalue weighted by atomic mass is 10.1. The van der Waals surface area contributed by atoms with Crippen molar-refractivity contribution in [2.45, 2.75) is 33.4 Å². The molecule has 1 N–H and O–H groups in total. The Morgan fingerprint density at radius 3 is 2.43 bits per heavy atom. The number of hydrogen-bond donors (Lipinski definition) is 1. The molecule has 2 aromatic rings. The fourth-order valence-electron chi connectivity index (χ4n) is 2.99. The predicted octanol–water partition coefficient (Wildman–Crippen LogP) is 3.59. The van der Waals surface area contributed by atoms with Crippen molar-refractivity contribution in [1.82, 2.24) is 4.90 Å². The van der Waals surface area contributed by atoms with Gasteiger partial charge in [0.25, 0.3) is 0 Å². The SMILES string of the molecule is CCOCCOc1ccc(CN(C)CC(O)COc2ccc(C)cc2C)cc1. The molecule has 0 bridgehead atoms. The van der Waals surface area contributed by atoms with Gasteiger partial charge in [-0.05, 0) is 57.1 Å². The molecule has 0 aliphatic heterocycles. The molecule has 1 atom stereocenters. The number of benzene rings is 2. The van der Waals surface area contributed by atoms with E-state index in [2.05, 4.69) is 17.9 Å². The quantitative estimate of drug-likeness (QED) is 0.564. The van der Waals surface area contributed by atoms with Gasteiger partial charge < -0.3 is 19.3 Å². The Morgan fingerprint density at radius 2 is 1.75 bits per heavy atom. The highest BCUT2D eigenvalue weighted by Crippen LogP contribution is 2.19. The number of rotatable bonds is 12. The maximum atomic E-state index is 10.3. The molecular weight excluding hydrogens is 354 g/mol. The zero-order chi connectivity index (χ0) is 20.4. The van der Waals surface area contributed by atoms with Crippen molar-refractivity contribution in [3.8, 4) is 11.5 Å². The molecule has 2 rings (SSSR count). The smallest absolute Gasteiger partial charge is 0.122 e. The van der Waals surface area contributed by atoms with Crippen LogP contribution >= 0.6 is 0 Å². The first-order valence-corrected chi connectivity index (χ1v) is 9.84. The van der Waals surface area contributed by atoms with Crippen LogP contribution < -0.4 is 9.47 Å². The van der Waals surface area contributed by atoms with Gasteiger partial charge in [-0.25, -0.2) is 0 Å². The van der Waals surface area contributed by atoms with Gasteiger partial charge in [-0.1, -0.05) is 29.8 Å². The number of hydrogen-bond acceptors (Lipinski definition) is 5. The van der Waals surface area contributed by atoms with Crippen molar-refractivity contribution < 1.29 is 19.3 Å². The fraction of sp³-hybridized carbons (Fsp3) is 0.478. The van der Waals surface area contributed by atoms with Crippen LogP contribution in [0.5, 0.6) is 11.5 Å². The van der Waals surface area contributed by atoms with Gasteiger partial charge >= 0.3 is 0 Å². The van der Waals surface area contributed by atoms with Gasteiger partial charge in [0.1, 0.15) is 30.8 Å². The van der Waals surface area contributed by atoms with Crippen LogP contribution in [-0.4, -0.2) is 56.1 Å². The van der Waals surface area contributed by atoms with E-state index in [1.165, 1.54) is 11.1 Å². The second-order valence-electron chi connectivity index (χ2n) is 7.12. The second kappa shape index (κ2) is 11.7. The Morgan fingerprint density at radius 1 is 1.00 bits per heavy atom. The van der Waals surface area contributed by atoms with Gasteiger partial charge in [-0.15, -0.1) is 0 Å². The van der Waals surface area contributed by atoms with Gasteiger partial charge in [0, 0.05) is 19.7 Å². The van der Waals surface area contributed by atoms with E-state index < -0.39 is 6.10 Å². The van der Waals surface area contributed by atoms with Gasteiger partial charge in [0.2, 0.25) is 0 Å². The van der Waals surface area contributed by atoms with Crippen molar-refractivity contribution in [2.24, 2.45) is 0 Å². The maximum Gasteiger partial charge on any atom is 0.122 e. The number of aliphatic hydroxyl groups is 1. The summed E-state index contributed by atoms with van der Waals surface area (Å²) in [6.45, 7) is 9.47. The standard InChI is InChI=1S/C23H33NO4/c1-5-26-12-13-27-22-9-7-20(8-10-22)15-24(4)16-21(25)17-28-23-11-6-18(2)14-19(23)3/h6-11,14,21,25H,5,12-13,15-17H2,1-4H3. The largest absolute Gasteiger partial charge is 0.491 e. The van der Waals surface area contributed by atoms with Crippen LogP contribution in [0.25, 0.3) is 0 Å². The number of aryl methyl sites for hydroxylation is 2. The zero-order valence-electron chi connectivity index (χ0n) is 17.5. The molecular formula is C23H33NO4. The summed E-state index contributed by atoms with van der Waals surface area (Å²) in [6, 6.07) is 14.1. The first-order valence-electron chi connectivity index (χ1n) is 9.84. The normalized spacial score (nSPS) is 12.2. The molecule has 5 nitrogen and oxygen atoms in total. The van der Waals surface area contributed by atoms with E-state index in [9.17, 15) is 5.11 Å². The lowest BCUT2D eigenvalue weighted by Gasteiger charge is -2.21. The third kappa shape index (κ3) is 7.89. The number of aliphatic hydroxyl groups excluding tert-OH is 1. The van der Waals surface area contributed by atoms with Gasteiger partial charge in [0.15, 0.2) is 0 Å². The van der Waals surface area contributed by atoms with Crippen LogP contribution in [0.3, 0.4) is 0 Å². The average Bonchev–Trinajstić information content (AvgIpc) is 2.66. The van der Waals surface area contributed by atoms with Crippen molar-refractivity contribution in [1.29, 1.82) is 0 Å². The monoisotopic (exact) mass is 387 g/mol. The fourth-order valence-corrected chi connectivity index (χ4v) is 2.99. The molecule has 0 saturated heterocycles. The molecule has 2 aromatic carbocycles. The van der Waals surface area contributed by atoms with Crippen LogP contribution in [0, 0.1) is 13.8 Å². The number of ether oxygens (including phenoxy) is 3. The minimum absolute atomic E-state index is 0.279. The summed E-state index contributed by atoms with van der Waals surface area (Å²) in [5, 5.41) is 10.3. The van der Waals surface area contributed by atoms with E-state index in [0.717, 1.165) is 23.6 Å². The maximum absolute atomic E-state index is 10.3. The Hall–Kier alpha value is -2.08. The van der Waals surface area contributed by atoms with Crippen LogP contribution in [0.15, 0.2) is 42.5 Å². The highest BCUT2D eigenvalue weighted by molar-refractivity contribution is 5.35. The average molecular weight is 388 g/mol. The molecule has 1 unspecified atom stereocenters. The highest BCUT2D eigenvalue weighted by atomic mass is 16.5. The Balaban J connectivity index is 1.72. The van der Waals surface area contributed by atoms with Crippen molar-refractivity contribution >= 4 is 0 Å². The predicted molar refractivity (Wildman–Crippen MR) is 112 cm³/mol. The Labute approximate surface area is 168 Å². The molecule has 0 fully saturated rings. The van der Waals surface area contributed by atoms with E-state index in [1.807, 2.05) is 57.3 Å². The first kappa shape index (κ1) is 22.2. The molecule has 0 radical (unpaired) electrons. The molecule has 154 valence electrons. The molecule has 0 amide bonds. The number of likely N-dealkylation sites (N-methyl/N-ethyl adjacent to an activating group) is 1.